The highest BCUT2D eigenvalue weighted by atomic mass is 31.2. The minimum absolute atomic E-state index is 0.0944. The molecule has 0 fully saturated rings. The number of allylic oxidation sites excluding steroid dienone is 10. The number of phosphoric ester groups is 1. The van der Waals surface area contributed by atoms with Crippen molar-refractivity contribution in [3.8, 4) is 0 Å². The number of hydrogen-bond acceptors (Lipinski definition) is 7. The summed E-state index contributed by atoms with van der Waals surface area (Å²) in [6.07, 6.45) is 56.7. The Hall–Kier alpha value is -1.80. The third kappa shape index (κ3) is 45.3. The summed E-state index contributed by atoms with van der Waals surface area (Å²) >= 11 is 0. The molecule has 0 aromatic heterocycles. The maximum atomic E-state index is 12.6. The third-order valence-electron chi connectivity index (χ3n) is 9.92. The quantitative estimate of drug-likeness (QED) is 0.0269. The molecular weight excluding hydrogens is 746 g/mol. The first-order valence-corrected chi connectivity index (χ1v) is 25.3. The second-order valence-electron chi connectivity index (χ2n) is 15.6. The Labute approximate surface area is 357 Å². The van der Waals surface area contributed by atoms with Crippen LogP contribution in [0.1, 0.15) is 206 Å². The number of phosphoric acid groups is 1. The van der Waals surface area contributed by atoms with E-state index in [1.165, 1.54) is 116 Å². The van der Waals surface area contributed by atoms with E-state index in [2.05, 4.69) is 74.6 Å². The van der Waals surface area contributed by atoms with E-state index in [1.807, 2.05) is 0 Å². The van der Waals surface area contributed by atoms with Crippen LogP contribution in [0.25, 0.3) is 0 Å². The standard InChI is InChI=1S/C49H90NO7P/c1-3-5-7-9-11-13-15-17-19-21-23-24-25-26-28-30-32-34-36-38-40-42-49(51)57-48(47-56-58(52,53)55-45-43-50)46-54-44-41-39-37-35-33-31-29-27-22-20-18-16-14-12-10-8-6-4-2/h6,8,12,14,18,20-21,23,27,29,48H,3-5,7,9-11,13,15-17,19,22,24-26,28,30-47,50H2,1-2H3,(H,52,53)/b8-6-,14-12-,20-18-,23-21-,29-27-. The fourth-order valence-corrected chi connectivity index (χ4v) is 7.22. The van der Waals surface area contributed by atoms with E-state index in [4.69, 9.17) is 24.3 Å². The minimum Gasteiger partial charge on any atom is -0.457 e. The third-order valence-corrected chi connectivity index (χ3v) is 10.9. The Bertz CT molecular complexity index is 1070. The van der Waals surface area contributed by atoms with Crippen LogP contribution in [0.5, 0.6) is 0 Å². The molecule has 2 atom stereocenters. The van der Waals surface area contributed by atoms with Gasteiger partial charge in [0, 0.05) is 19.6 Å². The average molecular weight is 836 g/mol. The van der Waals surface area contributed by atoms with Crippen LogP contribution in [-0.2, 0) is 27.9 Å². The lowest BCUT2D eigenvalue weighted by atomic mass is 10.1. The maximum absolute atomic E-state index is 12.6. The van der Waals surface area contributed by atoms with Crippen LogP contribution in [0.15, 0.2) is 60.8 Å². The predicted molar refractivity (Wildman–Crippen MR) is 247 cm³/mol. The molecule has 0 saturated carbocycles. The van der Waals surface area contributed by atoms with E-state index in [0.717, 1.165) is 70.6 Å². The number of rotatable bonds is 45. The van der Waals surface area contributed by atoms with Crippen LogP contribution in [-0.4, -0.2) is 49.9 Å². The van der Waals surface area contributed by atoms with Crippen LogP contribution >= 0.6 is 7.82 Å². The lowest BCUT2D eigenvalue weighted by Gasteiger charge is -2.20. The number of carbonyl (C=O) groups excluding carboxylic acids is 1. The largest absolute Gasteiger partial charge is 0.472 e. The van der Waals surface area contributed by atoms with Crippen molar-refractivity contribution < 1.29 is 32.8 Å². The summed E-state index contributed by atoms with van der Waals surface area (Å²) < 4.78 is 33.5. The zero-order valence-electron chi connectivity index (χ0n) is 37.5. The fraction of sp³-hybridized carbons (Fsp3) is 0.776. The van der Waals surface area contributed by atoms with Gasteiger partial charge in [-0.05, 0) is 77.0 Å². The predicted octanol–water partition coefficient (Wildman–Crippen LogP) is 14.5. The zero-order valence-corrected chi connectivity index (χ0v) is 38.4. The van der Waals surface area contributed by atoms with Gasteiger partial charge < -0.3 is 20.1 Å². The lowest BCUT2D eigenvalue weighted by Crippen LogP contribution is -2.28. The van der Waals surface area contributed by atoms with E-state index in [1.54, 1.807) is 0 Å². The Balaban J connectivity index is 4.02. The van der Waals surface area contributed by atoms with Crippen molar-refractivity contribution >= 4 is 13.8 Å². The van der Waals surface area contributed by atoms with Crippen molar-refractivity contribution in [1.29, 1.82) is 0 Å². The zero-order chi connectivity index (χ0) is 42.3. The monoisotopic (exact) mass is 836 g/mol. The summed E-state index contributed by atoms with van der Waals surface area (Å²) in [6, 6.07) is 0. The summed E-state index contributed by atoms with van der Waals surface area (Å²) in [4.78, 5) is 22.5. The number of hydrogen-bond donors (Lipinski definition) is 2. The van der Waals surface area contributed by atoms with Crippen LogP contribution in [0, 0.1) is 0 Å². The van der Waals surface area contributed by atoms with Gasteiger partial charge in [-0.3, -0.25) is 13.8 Å². The van der Waals surface area contributed by atoms with Crippen molar-refractivity contribution in [3.63, 3.8) is 0 Å². The molecule has 0 saturated heterocycles. The molecule has 0 bridgehead atoms. The van der Waals surface area contributed by atoms with Crippen LogP contribution in [0.2, 0.25) is 0 Å². The van der Waals surface area contributed by atoms with Crippen molar-refractivity contribution in [2.75, 3.05) is 33.0 Å². The van der Waals surface area contributed by atoms with E-state index in [0.29, 0.717) is 13.0 Å². The molecule has 0 spiro atoms. The Morgan fingerprint density at radius 2 is 0.966 bits per heavy atom. The molecule has 9 heteroatoms. The molecule has 338 valence electrons. The second-order valence-corrected chi connectivity index (χ2v) is 17.0. The number of nitrogens with two attached hydrogens (primary N) is 1. The second kappa shape index (κ2) is 46.3. The molecule has 8 nitrogen and oxygen atoms in total. The van der Waals surface area contributed by atoms with E-state index in [-0.39, 0.29) is 32.3 Å². The summed E-state index contributed by atoms with van der Waals surface area (Å²) in [6.45, 7) is 4.77. The number of unbranched alkanes of at least 4 members (excludes halogenated alkanes) is 22. The Morgan fingerprint density at radius 3 is 1.47 bits per heavy atom. The molecule has 0 heterocycles. The minimum atomic E-state index is -4.29. The molecule has 0 aliphatic heterocycles. The molecular formula is C49H90NO7P. The number of esters is 1. The smallest absolute Gasteiger partial charge is 0.457 e. The first kappa shape index (κ1) is 56.2. The van der Waals surface area contributed by atoms with Gasteiger partial charge >= 0.3 is 13.8 Å². The molecule has 2 unspecified atom stereocenters. The van der Waals surface area contributed by atoms with Crippen LogP contribution in [0.3, 0.4) is 0 Å². The van der Waals surface area contributed by atoms with Gasteiger partial charge in [0.25, 0.3) is 0 Å². The summed E-state index contributed by atoms with van der Waals surface area (Å²) in [5.74, 6) is -0.340. The molecule has 0 amide bonds. The van der Waals surface area contributed by atoms with E-state index < -0.39 is 13.9 Å². The summed E-state index contributed by atoms with van der Waals surface area (Å²) in [5.41, 5.74) is 5.38. The molecule has 0 aliphatic carbocycles. The molecule has 0 aromatic rings. The Morgan fingerprint density at radius 1 is 0.534 bits per heavy atom. The molecule has 3 N–H and O–H groups in total. The lowest BCUT2D eigenvalue weighted by molar-refractivity contribution is -0.154. The number of ether oxygens (including phenoxy) is 2. The van der Waals surface area contributed by atoms with Crippen molar-refractivity contribution in [2.24, 2.45) is 5.73 Å². The van der Waals surface area contributed by atoms with E-state index in [9.17, 15) is 14.3 Å². The van der Waals surface area contributed by atoms with Gasteiger partial charge in [0.2, 0.25) is 0 Å². The topological polar surface area (TPSA) is 117 Å². The summed E-state index contributed by atoms with van der Waals surface area (Å²) in [7, 11) is -4.29. The number of carbonyl (C=O) groups is 1. The SMILES string of the molecule is CC/C=C\C/C=C\C/C=C\C/C=C\CCCCCCCOCC(COP(=O)(O)OCCN)OC(=O)CCCCCCCCCCC/C=C\CCCCCCCCCC. The van der Waals surface area contributed by atoms with Crippen LogP contribution in [0.4, 0.5) is 0 Å². The van der Waals surface area contributed by atoms with Crippen molar-refractivity contribution in [3.05, 3.63) is 60.8 Å². The molecule has 0 radical (unpaired) electrons. The summed E-state index contributed by atoms with van der Waals surface area (Å²) in [5, 5.41) is 0. The molecule has 58 heavy (non-hydrogen) atoms. The molecule has 0 rings (SSSR count). The van der Waals surface area contributed by atoms with Gasteiger partial charge in [0.1, 0.15) is 6.10 Å². The first-order chi connectivity index (χ1) is 28.4. The van der Waals surface area contributed by atoms with Gasteiger partial charge in [-0.1, -0.05) is 184 Å². The Kier molecular flexibility index (Phi) is 44.8. The van der Waals surface area contributed by atoms with Gasteiger partial charge in [0.05, 0.1) is 19.8 Å². The van der Waals surface area contributed by atoms with Crippen LogP contribution < -0.4 is 5.73 Å². The van der Waals surface area contributed by atoms with Gasteiger partial charge in [-0.15, -0.1) is 0 Å². The van der Waals surface area contributed by atoms with Gasteiger partial charge in [0.15, 0.2) is 0 Å². The highest BCUT2D eigenvalue weighted by Crippen LogP contribution is 2.43. The first-order valence-electron chi connectivity index (χ1n) is 23.8. The van der Waals surface area contributed by atoms with Crippen molar-refractivity contribution in [2.45, 2.75) is 213 Å². The van der Waals surface area contributed by atoms with Gasteiger partial charge in [-0.25, -0.2) is 4.57 Å². The van der Waals surface area contributed by atoms with E-state index >= 15 is 0 Å². The average Bonchev–Trinajstić information content (AvgIpc) is 3.21. The highest BCUT2D eigenvalue weighted by Gasteiger charge is 2.25. The maximum Gasteiger partial charge on any atom is 0.472 e. The van der Waals surface area contributed by atoms with Gasteiger partial charge in [-0.2, -0.15) is 0 Å². The normalized spacial score (nSPS) is 13.9. The fourth-order valence-electron chi connectivity index (χ4n) is 6.45. The molecule has 0 aliphatic rings. The highest BCUT2D eigenvalue weighted by molar-refractivity contribution is 7.47. The van der Waals surface area contributed by atoms with Crippen molar-refractivity contribution in [1.82, 2.24) is 0 Å². The molecule has 0 aromatic carbocycles.